The molecule has 0 amide bonds. The number of ketones is 1. The number of carbonyl (C=O) groups excluding carboxylic acids is 1. The predicted molar refractivity (Wildman–Crippen MR) is 71.8 cm³/mol. The summed E-state index contributed by atoms with van der Waals surface area (Å²) >= 11 is 0.302. The Labute approximate surface area is 110 Å². The Morgan fingerprint density at radius 1 is 1.35 bits per heavy atom. The molecule has 1 unspecified atom stereocenters. The molecule has 0 radical (unpaired) electrons. The van der Waals surface area contributed by atoms with Gasteiger partial charge in [0.05, 0.1) is 0 Å². The third kappa shape index (κ3) is 5.03. The van der Waals surface area contributed by atoms with Gasteiger partial charge in [-0.15, -0.1) is 0 Å². The summed E-state index contributed by atoms with van der Waals surface area (Å²) in [6.45, 7) is 5.24. The van der Waals surface area contributed by atoms with Crippen LogP contribution in [0.15, 0.2) is 30.3 Å². The first-order valence-corrected chi connectivity index (χ1v) is 7.75. The molecule has 1 N–H and O–H groups in total. The molecule has 1 aromatic carbocycles. The van der Waals surface area contributed by atoms with Crippen molar-refractivity contribution in [2.24, 2.45) is 0 Å². The molecular formula is C14H20O2Se. The molecule has 0 aromatic heterocycles. The molecule has 94 valence electrons. The van der Waals surface area contributed by atoms with Crippen molar-refractivity contribution >= 4 is 25.2 Å². The van der Waals surface area contributed by atoms with Crippen LogP contribution in [0, 0.1) is 0 Å². The summed E-state index contributed by atoms with van der Waals surface area (Å²) in [5.74, 6) is -0.0536. The molecule has 0 heterocycles. The molecule has 17 heavy (non-hydrogen) atoms. The summed E-state index contributed by atoms with van der Waals surface area (Å²) in [7, 11) is 0. The van der Waals surface area contributed by atoms with E-state index in [0.717, 1.165) is 6.42 Å². The first kappa shape index (κ1) is 14.4. The monoisotopic (exact) mass is 300 g/mol. The number of aliphatic hydroxyl groups is 1. The molecule has 0 aliphatic rings. The van der Waals surface area contributed by atoms with E-state index in [9.17, 15) is 9.90 Å². The second-order valence-corrected chi connectivity index (χ2v) is 7.53. The minimum atomic E-state index is -1.19. The van der Waals surface area contributed by atoms with E-state index in [2.05, 4.69) is 19.1 Å². The van der Waals surface area contributed by atoms with Crippen LogP contribution in [0.2, 0.25) is 4.82 Å². The van der Waals surface area contributed by atoms with Crippen LogP contribution < -0.4 is 4.46 Å². The molecule has 1 rings (SSSR count). The van der Waals surface area contributed by atoms with Crippen molar-refractivity contribution in [3.63, 3.8) is 0 Å². The third-order valence-corrected chi connectivity index (χ3v) is 5.49. The maximum atomic E-state index is 11.8. The summed E-state index contributed by atoms with van der Waals surface area (Å²) in [4.78, 5) is 12.2. The van der Waals surface area contributed by atoms with E-state index in [1.807, 2.05) is 18.2 Å². The van der Waals surface area contributed by atoms with Crippen LogP contribution in [-0.4, -0.2) is 31.4 Å². The fourth-order valence-corrected chi connectivity index (χ4v) is 3.73. The van der Waals surface area contributed by atoms with Gasteiger partial charge in [0.2, 0.25) is 0 Å². The fraction of sp³-hybridized carbons (Fsp3) is 0.500. The van der Waals surface area contributed by atoms with Crippen LogP contribution in [0.5, 0.6) is 0 Å². The zero-order valence-corrected chi connectivity index (χ0v) is 12.4. The average Bonchev–Trinajstić information content (AvgIpc) is 2.28. The Hall–Kier alpha value is -0.631. The summed E-state index contributed by atoms with van der Waals surface area (Å²) in [6.07, 6.45) is 1.46. The van der Waals surface area contributed by atoms with Crippen molar-refractivity contribution in [1.29, 1.82) is 0 Å². The Balaban J connectivity index is 2.59. The summed E-state index contributed by atoms with van der Waals surface area (Å²) in [5, 5.41) is 9.65. The van der Waals surface area contributed by atoms with Crippen molar-refractivity contribution in [2.45, 2.75) is 44.0 Å². The van der Waals surface area contributed by atoms with Gasteiger partial charge in [-0.1, -0.05) is 0 Å². The van der Waals surface area contributed by atoms with Crippen LogP contribution >= 0.6 is 0 Å². The van der Waals surface area contributed by atoms with Gasteiger partial charge in [0.1, 0.15) is 0 Å². The van der Waals surface area contributed by atoms with Gasteiger partial charge >= 0.3 is 109 Å². The van der Waals surface area contributed by atoms with Crippen LogP contribution in [0.4, 0.5) is 0 Å². The van der Waals surface area contributed by atoms with E-state index in [4.69, 9.17) is 0 Å². The van der Waals surface area contributed by atoms with Crippen LogP contribution in [-0.2, 0) is 4.79 Å². The molecule has 0 saturated carbocycles. The van der Waals surface area contributed by atoms with Crippen molar-refractivity contribution in [2.75, 3.05) is 0 Å². The van der Waals surface area contributed by atoms with Crippen LogP contribution in [0.3, 0.4) is 0 Å². The third-order valence-electron chi connectivity index (χ3n) is 2.60. The van der Waals surface area contributed by atoms with E-state index in [0.29, 0.717) is 26.2 Å². The zero-order valence-electron chi connectivity index (χ0n) is 10.6. The molecule has 0 fully saturated rings. The Morgan fingerprint density at radius 2 is 1.94 bits per heavy atom. The first-order valence-electron chi connectivity index (χ1n) is 5.91. The first-order chi connectivity index (χ1) is 7.93. The zero-order chi connectivity index (χ0) is 12.9. The van der Waals surface area contributed by atoms with E-state index in [1.165, 1.54) is 4.46 Å². The van der Waals surface area contributed by atoms with Gasteiger partial charge in [0.15, 0.2) is 0 Å². The number of rotatable bonds is 6. The predicted octanol–water partition coefficient (Wildman–Crippen LogP) is 1.94. The van der Waals surface area contributed by atoms with Gasteiger partial charge < -0.3 is 0 Å². The molecular weight excluding hydrogens is 279 g/mol. The Bertz CT molecular complexity index is 354. The number of carbonyl (C=O) groups is 1. The molecule has 0 saturated heterocycles. The summed E-state index contributed by atoms with van der Waals surface area (Å²) in [6, 6.07) is 10.3. The SMILES string of the molecule is CCC(CC(=O)C(C)(C)O)[Se]c1ccccc1. The van der Waals surface area contributed by atoms with Gasteiger partial charge in [-0.3, -0.25) is 0 Å². The van der Waals surface area contributed by atoms with Crippen molar-refractivity contribution in [3.8, 4) is 0 Å². The van der Waals surface area contributed by atoms with Crippen LogP contribution in [0.1, 0.15) is 33.6 Å². The molecule has 1 aromatic rings. The number of hydrogen-bond acceptors (Lipinski definition) is 2. The fourth-order valence-electron chi connectivity index (χ4n) is 1.42. The molecule has 2 nitrogen and oxygen atoms in total. The maximum absolute atomic E-state index is 11.8. The van der Waals surface area contributed by atoms with Gasteiger partial charge in [-0.2, -0.15) is 0 Å². The molecule has 0 aliphatic carbocycles. The van der Waals surface area contributed by atoms with Crippen molar-refractivity contribution < 1.29 is 9.90 Å². The second kappa shape index (κ2) is 6.34. The van der Waals surface area contributed by atoms with Crippen LogP contribution in [0.25, 0.3) is 0 Å². The van der Waals surface area contributed by atoms with E-state index in [-0.39, 0.29) is 5.78 Å². The van der Waals surface area contributed by atoms with Gasteiger partial charge in [0.25, 0.3) is 0 Å². The summed E-state index contributed by atoms with van der Waals surface area (Å²) < 4.78 is 1.32. The summed E-state index contributed by atoms with van der Waals surface area (Å²) in [5.41, 5.74) is -1.19. The molecule has 0 spiro atoms. The quantitative estimate of drug-likeness (QED) is 0.815. The number of benzene rings is 1. The van der Waals surface area contributed by atoms with E-state index in [1.54, 1.807) is 13.8 Å². The average molecular weight is 299 g/mol. The van der Waals surface area contributed by atoms with E-state index >= 15 is 0 Å². The number of hydrogen-bond donors (Lipinski definition) is 1. The Morgan fingerprint density at radius 3 is 2.41 bits per heavy atom. The molecule has 0 aliphatic heterocycles. The van der Waals surface area contributed by atoms with E-state index < -0.39 is 5.60 Å². The standard InChI is InChI=1S/C14H20O2Se/c1-4-11(10-13(15)14(2,3)16)17-12-8-6-5-7-9-12/h5-9,11,16H,4,10H2,1-3H3. The van der Waals surface area contributed by atoms with Gasteiger partial charge in [-0.05, 0) is 0 Å². The second-order valence-electron chi connectivity index (χ2n) is 4.65. The van der Waals surface area contributed by atoms with Gasteiger partial charge in [-0.25, -0.2) is 0 Å². The number of Topliss-reactive ketones (excluding diaryl/α,β-unsaturated/α-hetero) is 1. The normalized spacial score (nSPS) is 13.4. The molecule has 1 atom stereocenters. The van der Waals surface area contributed by atoms with Crippen molar-refractivity contribution in [3.05, 3.63) is 30.3 Å². The molecule has 0 bridgehead atoms. The van der Waals surface area contributed by atoms with Gasteiger partial charge in [0, 0.05) is 0 Å². The Kier molecular flexibility index (Phi) is 5.38. The minimum absolute atomic E-state index is 0.0536. The van der Waals surface area contributed by atoms with Crippen molar-refractivity contribution in [1.82, 2.24) is 0 Å². The molecule has 3 heteroatoms. The topological polar surface area (TPSA) is 37.3 Å².